The van der Waals surface area contributed by atoms with E-state index in [4.69, 9.17) is 4.42 Å². The first-order valence-electron chi connectivity index (χ1n) is 7.21. The summed E-state index contributed by atoms with van der Waals surface area (Å²) >= 11 is 0. The molecule has 1 aliphatic rings. The van der Waals surface area contributed by atoms with Crippen LogP contribution in [0.3, 0.4) is 0 Å². The van der Waals surface area contributed by atoms with Crippen molar-refractivity contribution in [1.82, 2.24) is 14.8 Å². The van der Waals surface area contributed by atoms with E-state index in [0.29, 0.717) is 24.2 Å². The van der Waals surface area contributed by atoms with Gasteiger partial charge in [0.25, 0.3) is 0 Å². The summed E-state index contributed by atoms with van der Waals surface area (Å²) in [6, 6.07) is 8.59. The largest absolute Gasteiger partial charge is 0.419 e. The fourth-order valence-electron chi connectivity index (χ4n) is 2.86. The fourth-order valence-corrected chi connectivity index (χ4v) is 2.86. The fraction of sp³-hybridized carbons (Fsp3) is 0.533. The molecule has 5 nitrogen and oxygen atoms in total. The van der Waals surface area contributed by atoms with Gasteiger partial charge in [0.1, 0.15) is 0 Å². The Hall–Kier alpha value is -1.59. The maximum atomic E-state index is 11.9. The monoisotopic (exact) mass is 275 g/mol. The van der Waals surface area contributed by atoms with Gasteiger partial charge >= 0.3 is 5.76 Å². The van der Waals surface area contributed by atoms with Gasteiger partial charge in [-0.25, -0.2) is 4.79 Å². The molecular weight excluding hydrogens is 254 g/mol. The van der Waals surface area contributed by atoms with E-state index in [1.165, 1.54) is 0 Å². The minimum absolute atomic E-state index is 0.262. The van der Waals surface area contributed by atoms with Crippen LogP contribution >= 0.6 is 0 Å². The molecule has 2 atom stereocenters. The second-order valence-electron chi connectivity index (χ2n) is 5.64. The Balaban J connectivity index is 1.77. The van der Waals surface area contributed by atoms with E-state index >= 15 is 0 Å². The van der Waals surface area contributed by atoms with Gasteiger partial charge in [0, 0.05) is 38.3 Å². The van der Waals surface area contributed by atoms with Gasteiger partial charge in [-0.15, -0.1) is 0 Å². The van der Waals surface area contributed by atoms with Crippen LogP contribution in [0.4, 0.5) is 0 Å². The normalized spacial score (nSPS) is 24.3. The summed E-state index contributed by atoms with van der Waals surface area (Å²) in [7, 11) is 0. The first-order valence-corrected chi connectivity index (χ1v) is 7.21. The molecular formula is C15H21N3O2. The number of hydrogen-bond acceptors (Lipinski definition) is 4. The number of oxazole rings is 1. The molecule has 0 spiro atoms. The highest BCUT2D eigenvalue weighted by Gasteiger charge is 2.22. The third-order valence-corrected chi connectivity index (χ3v) is 4.08. The minimum atomic E-state index is -0.262. The molecule has 0 saturated carbocycles. The van der Waals surface area contributed by atoms with Gasteiger partial charge in [0.2, 0.25) is 0 Å². The van der Waals surface area contributed by atoms with Crippen molar-refractivity contribution in [3.05, 3.63) is 34.8 Å². The summed E-state index contributed by atoms with van der Waals surface area (Å²) in [6.45, 7) is 7.98. The van der Waals surface area contributed by atoms with Crippen molar-refractivity contribution in [2.45, 2.75) is 32.5 Å². The number of para-hydroxylation sites is 2. The molecule has 0 aliphatic carbocycles. The first-order chi connectivity index (χ1) is 9.65. The molecule has 0 radical (unpaired) electrons. The van der Waals surface area contributed by atoms with Crippen LogP contribution in [-0.2, 0) is 6.54 Å². The zero-order chi connectivity index (χ0) is 14.1. The van der Waals surface area contributed by atoms with Crippen LogP contribution < -0.4 is 11.1 Å². The van der Waals surface area contributed by atoms with Gasteiger partial charge in [-0.05, 0) is 26.0 Å². The van der Waals surface area contributed by atoms with E-state index in [9.17, 15) is 4.79 Å². The molecule has 1 N–H and O–H groups in total. The second-order valence-corrected chi connectivity index (χ2v) is 5.64. The van der Waals surface area contributed by atoms with Crippen molar-refractivity contribution in [2.75, 3.05) is 19.6 Å². The van der Waals surface area contributed by atoms with Crippen LogP contribution in [0.1, 0.15) is 13.8 Å². The third-order valence-electron chi connectivity index (χ3n) is 4.08. The number of fused-ring (bicyclic) bond motifs is 1. The lowest BCUT2D eigenvalue weighted by atomic mass is 10.1. The lowest BCUT2D eigenvalue weighted by Gasteiger charge is -2.37. The molecule has 1 aromatic heterocycles. The van der Waals surface area contributed by atoms with E-state index in [1.54, 1.807) is 4.57 Å². The van der Waals surface area contributed by atoms with Gasteiger partial charge in [-0.2, -0.15) is 0 Å². The van der Waals surface area contributed by atoms with Crippen LogP contribution in [0.5, 0.6) is 0 Å². The van der Waals surface area contributed by atoms with Crippen molar-refractivity contribution >= 4 is 11.1 Å². The van der Waals surface area contributed by atoms with Crippen molar-refractivity contribution in [3.63, 3.8) is 0 Å². The Labute approximate surface area is 118 Å². The van der Waals surface area contributed by atoms with Gasteiger partial charge < -0.3 is 9.73 Å². The Morgan fingerprint density at radius 2 is 2.10 bits per heavy atom. The molecule has 108 valence electrons. The van der Waals surface area contributed by atoms with Gasteiger partial charge in [0.05, 0.1) is 5.52 Å². The molecule has 0 bridgehead atoms. The van der Waals surface area contributed by atoms with E-state index < -0.39 is 0 Å². The molecule has 1 aromatic carbocycles. The molecule has 2 heterocycles. The number of nitrogens with one attached hydrogen (secondary N) is 1. The number of nitrogens with zero attached hydrogens (tertiary/aromatic N) is 2. The maximum Gasteiger partial charge on any atom is 0.419 e. The lowest BCUT2D eigenvalue weighted by Crippen LogP contribution is -2.55. The molecule has 2 aromatic rings. The number of piperazine rings is 1. The molecule has 20 heavy (non-hydrogen) atoms. The van der Waals surface area contributed by atoms with Crippen molar-refractivity contribution in [1.29, 1.82) is 0 Å². The molecule has 5 heteroatoms. The first kappa shape index (κ1) is 13.4. The van der Waals surface area contributed by atoms with Gasteiger partial charge in [0.15, 0.2) is 5.58 Å². The third kappa shape index (κ3) is 2.51. The highest BCUT2D eigenvalue weighted by Crippen LogP contribution is 2.12. The highest BCUT2D eigenvalue weighted by molar-refractivity contribution is 5.72. The van der Waals surface area contributed by atoms with Crippen LogP contribution in [0.15, 0.2) is 33.5 Å². The van der Waals surface area contributed by atoms with Gasteiger partial charge in [-0.3, -0.25) is 9.47 Å². The summed E-state index contributed by atoms with van der Waals surface area (Å²) in [5.74, 6) is -0.262. The average molecular weight is 275 g/mol. The second kappa shape index (κ2) is 5.42. The standard InChI is InChI=1S/C15H21N3O2/c1-11-10-17(12(2)9-16-11)7-8-18-13-5-3-4-6-14(13)20-15(18)19/h3-6,11-12,16H,7-10H2,1-2H3. The summed E-state index contributed by atoms with van der Waals surface area (Å²) in [4.78, 5) is 14.3. The summed E-state index contributed by atoms with van der Waals surface area (Å²) in [6.07, 6.45) is 0. The summed E-state index contributed by atoms with van der Waals surface area (Å²) < 4.78 is 6.99. The minimum Gasteiger partial charge on any atom is -0.408 e. The Bertz CT molecular complexity index is 646. The molecule has 3 rings (SSSR count). The Morgan fingerprint density at radius 1 is 1.30 bits per heavy atom. The van der Waals surface area contributed by atoms with Crippen LogP contribution in [-0.4, -0.2) is 41.2 Å². The predicted octanol–water partition coefficient (Wildman–Crippen LogP) is 1.28. The highest BCUT2D eigenvalue weighted by atomic mass is 16.4. The molecule has 1 saturated heterocycles. The molecule has 0 amide bonds. The molecule has 1 aliphatic heterocycles. The van der Waals surface area contributed by atoms with Crippen LogP contribution in [0.2, 0.25) is 0 Å². The van der Waals surface area contributed by atoms with Crippen LogP contribution in [0, 0.1) is 0 Å². The van der Waals surface area contributed by atoms with Gasteiger partial charge in [-0.1, -0.05) is 12.1 Å². The van der Waals surface area contributed by atoms with Crippen molar-refractivity contribution in [2.24, 2.45) is 0 Å². The number of benzene rings is 1. The lowest BCUT2D eigenvalue weighted by molar-refractivity contribution is 0.141. The van der Waals surface area contributed by atoms with Crippen molar-refractivity contribution < 1.29 is 4.42 Å². The molecule has 1 fully saturated rings. The van der Waals surface area contributed by atoms with Crippen molar-refractivity contribution in [3.8, 4) is 0 Å². The average Bonchev–Trinajstić information content (AvgIpc) is 2.75. The van der Waals surface area contributed by atoms with Crippen LogP contribution in [0.25, 0.3) is 11.1 Å². The van der Waals surface area contributed by atoms with E-state index in [2.05, 4.69) is 24.1 Å². The number of hydrogen-bond donors (Lipinski definition) is 1. The van der Waals surface area contributed by atoms with E-state index in [1.807, 2.05) is 24.3 Å². The zero-order valence-electron chi connectivity index (χ0n) is 12.0. The molecule has 2 unspecified atom stereocenters. The summed E-state index contributed by atoms with van der Waals surface area (Å²) in [5, 5.41) is 3.47. The Morgan fingerprint density at radius 3 is 2.95 bits per heavy atom. The number of rotatable bonds is 3. The van der Waals surface area contributed by atoms with E-state index in [0.717, 1.165) is 25.2 Å². The number of aromatic nitrogens is 1. The Kier molecular flexibility index (Phi) is 3.63. The topological polar surface area (TPSA) is 50.4 Å². The smallest absolute Gasteiger partial charge is 0.408 e. The predicted molar refractivity (Wildman–Crippen MR) is 79.0 cm³/mol. The zero-order valence-corrected chi connectivity index (χ0v) is 12.0. The van der Waals surface area contributed by atoms with E-state index in [-0.39, 0.29) is 5.76 Å². The quantitative estimate of drug-likeness (QED) is 0.916. The SMILES string of the molecule is CC1CN(CCn2c(=O)oc3ccccc32)C(C)CN1. The summed E-state index contributed by atoms with van der Waals surface area (Å²) in [5.41, 5.74) is 1.55. The maximum absolute atomic E-state index is 11.9.